The standard InChI is InChI=1S/C17H22N2O2/c1-20-13-7-6-12(17(10-13)21-2)11-19-9-8-14-15(18)4-3-5-16(14)19/h6-10,15H,3-5,11,18H2,1-2H3. The largest absolute Gasteiger partial charge is 0.497 e. The van der Waals surface area contributed by atoms with E-state index in [-0.39, 0.29) is 6.04 Å². The molecule has 0 spiro atoms. The highest BCUT2D eigenvalue weighted by atomic mass is 16.5. The number of rotatable bonds is 4. The second-order valence-electron chi connectivity index (χ2n) is 5.52. The van der Waals surface area contributed by atoms with E-state index in [2.05, 4.69) is 22.9 Å². The smallest absolute Gasteiger partial charge is 0.127 e. The van der Waals surface area contributed by atoms with Crippen molar-refractivity contribution in [1.29, 1.82) is 0 Å². The van der Waals surface area contributed by atoms with Gasteiger partial charge in [0.15, 0.2) is 0 Å². The highest BCUT2D eigenvalue weighted by molar-refractivity contribution is 5.41. The Kier molecular flexibility index (Phi) is 3.88. The third-order valence-electron chi connectivity index (χ3n) is 4.28. The lowest BCUT2D eigenvalue weighted by Gasteiger charge is -2.21. The Morgan fingerprint density at radius 2 is 2.10 bits per heavy atom. The molecule has 1 aliphatic rings. The summed E-state index contributed by atoms with van der Waals surface area (Å²) in [5.74, 6) is 1.67. The molecule has 2 N–H and O–H groups in total. The van der Waals surface area contributed by atoms with Crippen LogP contribution in [0.15, 0.2) is 30.5 Å². The molecule has 21 heavy (non-hydrogen) atoms. The zero-order chi connectivity index (χ0) is 14.8. The topological polar surface area (TPSA) is 49.4 Å². The van der Waals surface area contributed by atoms with E-state index in [1.54, 1.807) is 14.2 Å². The third-order valence-corrected chi connectivity index (χ3v) is 4.28. The van der Waals surface area contributed by atoms with Crippen molar-refractivity contribution in [3.63, 3.8) is 0 Å². The molecule has 0 radical (unpaired) electrons. The highest BCUT2D eigenvalue weighted by Crippen LogP contribution is 2.31. The maximum atomic E-state index is 6.19. The van der Waals surface area contributed by atoms with Gasteiger partial charge in [0.25, 0.3) is 0 Å². The van der Waals surface area contributed by atoms with Gasteiger partial charge in [-0.1, -0.05) is 0 Å². The molecule has 0 aliphatic heterocycles. The summed E-state index contributed by atoms with van der Waals surface area (Å²) in [6, 6.07) is 8.31. The van der Waals surface area contributed by atoms with Crippen LogP contribution >= 0.6 is 0 Å². The van der Waals surface area contributed by atoms with Crippen molar-refractivity contribution in [2.75, 3.05) is 14.2 Å². The molecule has 0 bridgehead atoms. The first-order valence-corrected chi connectivity index (χ1v) is 7.37. The van der Waals surface area contributed by atoms with E-state index in [1.165, 1.54) is 11.3 Å². The molecule has 0 saturated carbocycles. The molecule has 1 unspecified atom stereocenters. The monoisotopic (exact) mass is 286 g/mol. The zero-order valence-corrected chi connectivity index (χ0v) is 12.6. The van der Waals surface area contributed by atoms with Crippen LogP contribution in [-0.2, 0) is 13.0 Å². The SMILES string of the molecule is COc1ccc(Cn2ccc3c2CCCC3N)c(OC)c1. The summed E-state index contributed by atoms with van der Waals surface area (Å²) < 4.78 is 13.0. The molecule has 1 heterocycles. The first-order valence-electron chi connectivity index (χ1n) is 7.37. The third kappa shape index (κ3) is 2.63. The quantitative estimate of drug-likeness (QED) is 0.940. The zero-order valence-electron chi connectivity index (χ0n) is 12.6. The number of hydrogen-bond donors (Lipinski definition) is 1. The summed E-state index contributed by atoms with van der Waals surface area (Å²) in [4.78, 5) is 0. The number of aromatic nitrogens is 1. The van der Waals surface area contributed by atoms with Crippen LogP contribution in [-0.4, -0.2) is 18.8 Å². The van der Waals surface area contributed by atoms with Crippen molar-refractivity contribution < 1.29 is 9.47 Å². The lowest BCUT2D eigenvalue weighted by atomic mass is 9.93. The molecule has 4 heteroatoms. The summed E-state index contributed by atoms with van der Waals surface area (Å²) in [6.07, 6.45) is 5.49. The van der Waals surface area contributed by atoms with Crippen molar-refractivity contribution in [2.45, 2.75) is 31.8 Å². The van der Waals surface area contributed by atoms with Crippen molar-refractivity contribution in [1.82, 2.24) is 4.57 Å². The predicted octanol–water partition coefficient (Wildman–Crippen LogP) is 2.89. The van der Waals surface area contributed by atoms with Gasteiger partial charge in [0.05, 0.1) is 20.8 Å². The Morgan fingerprint density at radius 3 is 2.86 bits per heavy atom. The number of benzene rings is 1. The van der Waals surface area contributed by atoms with Crippen molar-refractivity contribution >= 4 is 0 Å². The Hall–Kier alpha value is -1.94. The second kappa shape index (κ2) is 5.82. The fraction of sp³-hybridized carbons (Fsp3) is 0.412. The van der Waals surface area contributed by atoms with E-state index in [0.717, 1.165) is 42.9 Å². The summed E-state index contributed by atoms with van der Waals surface area (Å²) in [5, 5.41) is 0. The molecule has 0 amide bonds. The Bertz CT molecular complexity index is 634. The lowest BCUT2D eigenvalue weighted by Crippen LogP contribution is -2.18. The minimum Gasteiger partial charge on any atom is -0.497 e. The first-order chi connectivity index (χ1) is 10.2. The average molecular weight is 286 g/mol. The van der Waals surface area contributed by atoms with Gasteiger partial charge < -0.3 is 19.8 Å². The highest BCUT2D eigenvalue weighted by Gasteiger charge is 2.20. The molecule has 3 rings (SSSR count). The normalized spacial score (nSPS) is 17.4. The Morgan fingerprint density at radius 1 is 1.24 bits per heavy atom. The molecule has 0 saturated heterocycles. The van der Waals surface area contributed by atoms with Crippen LogP contribution in [0, 0.1) is 0 Å². The van der Waals surface area contributed by atoms with E-state index in [0.29, 0.717) is 0 Å². The molecule has 1 aromatic carbocycles. The summed E-state index contributed by atoms with van der Waals surface area (Å²) in [7, 11) is 3.36. The Balaban J connectivity index is 1.90. The van der Waals surface area contributed by atoms with E-state index in [4.69, 9.17) is 15.2 Å². The Labute approximate surface area is 125 Å². The minimum atomic E-state index is 0.188. The molecular weight excluding hydrogens is 264 g/mol. The van der Waals surface area contributed by atoms with Gasteiger partial charge in [-0.15, -0.1) is 0 Å². The van der Waals surface area contributed by atoms with E-state index < -0.39 is 0 Å². The van der Waals surface area contributed by atoms with Crippen LogP contribution in [0.1, 0.15) is 35.7 Å². The fourth-order valence-electron chi connectivity index (χ4n) is 3.11. The minimum absolute atomic E-state index is 0.188. The number of nitrogens with zero attached hydrogens (tertiary/aromatic N) is 1. The average Bonchev–Trinajstić information content (AvgIpc) is 2.92. The van der Waals surface area contributed by atoms with Gasteiger partial charge in [-0.05, 0) is 43.0 Å². The van der Waals surface area contributed by atoms with Gasteiger partial charge in [0, 0.05) is 29.6 Å². The summed E-state index contributed by atoms with van der Waals surface area (Å²) in [6.45, 7) is 0.801. The molecule has 0 fully saturated rings. The molecule has 4 nitrogen and oxygen atoms in total. The molecule has 2 aromatic rings. The number of hydrogen-bond acceptors (Lipinski definition) is 3. The van der Waals surface area contributed by atoms with Crippen LogP contribution in [0.4, 0.5) is 0 Å². The molecule has 112 valence electrons. The number of nitrogens with two attached hydrogens (primary N) is 1. The van der Waals surface area contributed by atoms with Crippen molar-refractivity contribution in [3.05, 3.63) is 47.3 Å². The molecule has 1 atom stereocenters. The molecule has 1 aliphatic carbocycles. The lowest BCUT2D eigenvalue weighted by molar-refractivity contribution is 0.390. The van der Waals surface area contributed by atoms with E-state index >= 15 is 0 Å². The molecular formula is C17H22N2O2. The maximum absolute atomic E-state index is 6.19. The second-order valence-corrected chi connectivity index (χ2v) is 5.52. The van der Waals surface area contributed by atoms with Crippen molar-refractivity contribution in [2.24, 2.45) is 5.73 Å². The van der Waals surface area contributed by atoms with Crippen molar-refractivity contribution in [3.8, 4) is 11.5 Å². The number of fused-ring (bicyclic) bond motifs is 1. The number of ether oxygens (including phenoxy) is 2. The van der Waals surface area contributed by atoms with Gasteiger partial charge >= 0.3 is 0 Å². The van der Waals surface area contributed by atoms with Gasteiger partial charge in [0.2, 0.25) is 0 Å². The first kappa shape index (κ1) is 14.0. The van der Waals surface area contributed by atoms with Crippen LogP contribution in [0.3, 0.4) is 0 Å². The van der Waals surface area contributed by atoms with Crippen LogP contribution in [0.2, 0.25) is 0 Å². The van der Waals surface area contributed by atoms with Gasteiger partial charge in [-0.25, -0.2) is 0 Å². The van der Waals surface area contributed by atoms with Crippen LogP contribution in [0.25, 0.3) is 0 Å². The van der Waals surface area contributed by atoms with E-state index in [1.807, 2.05) is 12.1 Å². The summed E-state index contributed by atoms with van der Waals surface area (Å²) in [5.41, 5.74) is 10.0. The van der Waals surface area contributed by atoms with Gasteiger partial charge in [-0.3, -0.25) is 0 Å². The van der Waals surface area contributed by atoms with Gasteiger partial charge in [-0.2, -0.15) is 0 Å². The van der Waals surface area contributed by atoms with Gasteiger partial charge in [0.1, 0.15) is 11.5 Å². The van der Waals surface area contributed by atoms with E-state index in [9.17, 15) is 0 Å². The number of methoxy groups -OCH3 is 2. The van der Waals surface area contributed by atoms with Crippen LogP contribution in [0.5, 0.6) is 11.5 Å². The maximum Gasteiger partial charge on any atom is 0.127 e. The molecule has 1 aromatic heterocycles. The fourth-order valence-corrected chi connectivity index (χ4v) is 3.11. The van der Waals surface area contributed by atoms with Crippen LogP contribution < -0.4 is 15.2 Å². The predicted molar refractivity (Wildman–Crippen MR) is 82.9 cm³/mol. The summed E-state index contributed by atoms with van der Waals surface area (Å²) >= 11 is 0.